The van der Waals surface area contributed by atoms with Gasteiger partial charge in [-0.05, 0) is 48.0 Å². The Bertz CT molecular complexity index is 1210. The van der Waals surface area contributed by atoms with Gasteiger partial charge in [-0.15, -0.1) is 0 Å². The number of carbonyl (C=O) groups excluding carboxylic acids is 1. The fourth-order valence-electron chi connectivity index (χ4n) is 2.67. The van der Waals surface area contributed by atoms with Crippen LogP contribution in [0.2, 0.25) is 0 Å². The largest absolute Gasteiger partial charge is 0.495 e. The second-order valence-corrected chi connectivity index (χ2v) is 8.04. The number of rotatable bonds is 7. The van der Waals surface area contributed by atoms with Gasteiger partial charge >= 0.3 is 0 Å². The van der Waals surface area contributed by atoms with E-state index in [1.165, 1.54) is 43.5 Å². The predicted octanol–water partition coefficient (Wildman–Crippen LogP) is 4.43. The fourth-order valence-corrected chi connectivity index (χ4v) is 3.74. The first-order valence-electron chi connectivity index (χ1n) is 8.98. The van der Waals surface area contributed by atoms with Crippen molar-refractivity contribution >= 4 is 33.4 Å². The van der Waals surface area contributed by atoms with Gasteiger partial charge in [0, 0.05) is 17.8 Å². The van der Waals surface area contributed by atoms with E-state index in [4.69, 9.17) is 4.74 Å². The van der Waals surface area contributed by atoms with E-state index < -0.39 is 27.6 Å². The van der Waals surface area contributed by atoms with Gasteiger partial charge in [0.1, 0.15) is 17.4 Å². The van der Waals surface area contributed by atoms with Crippen molar-refractivity contribution in [3.8, 4) is 5.75 Å². The van der Waals surface area contributed by atoms with Crippen LogP contribution in [0.1, 0.15) is 5.56 Å². The molecule has 0 aliphatic carbocycles. The van der Waals surface area contributed by atoms with Crippen molar-refractivity contribution in [1.82, 2.24) is 0 Å². The van der Waals surface area contributed by atoms with Crippen molar-refractivity contribution in [1.29, 1.82) is 0 Å². The molecule has 0 aliphatic heterocycles. The van der Waals surface area contributed by atoms with Crippen LogP contribution in [0.25, 0.3) is 6.08 Å². The molecule has 0 spiro atoms. The van der Waals surface area contributed by atoms with Crippen LogP contribution in [-0.2, 0) is 14.8 Å². The highest BCUT2D eigenvalue weighted by Gasteiger charge is 2.16. The van der Waals surface area contributed by atoms with Crippen LogP contribution < -0.4 is 14.8 Å². The molecule has 0 bridgehead atoms. The van der Waals surface area contributed by atoms with Crippen molar-refractivity contribution in [2.45, 2.75) is 4.90 Å². The number of nitrogens with one attached hydrogen (secondary N) is 2. The third kappa shape index (κ3) is 5.89. The van der Waals surface area contributed by atoms with Gasteiger partial charge in [0.2, 0.25) is 5.91 Å². The number of methoxy groups -OCH3 is 1. The lowest BCUT2D eigenvalue weighted by Crippen LogP contribution is -2.13. The molecule has 0 atom stereocenters. The third-order valence-corrected chi connectivity index (χ3v) is 5.48. The summed E-state index contributed by atoms with van der Waals surface area (Å²) in [5.41, 5.74) is 0.840. The van der Waals surface area contributed by atoms with Gasteiger partial charge in [-0.25, -0.2) is 17.2 Å². The van der Waals surface area contributed by atoms with Gasteiger partial charge < -0.3 is 10.1 Å². The predicted molar refractivity (Wildman–Crippen MR) is 114 cm³/mol. The summed E-state index contributed by atoms with van der Waals surface area (Å²) >= 11 is 0. The van der Waals surface area contributed by atoms with Crippen molar-refractivity contribution in [3.05, 3.63) is 90.0 Å². The van der Waals surface area contributed by atoms with Crippen LogP contribution >= 0.6 is 0 Å². The van der Waals surface area contributed by atoms with Crippen molar-refractivity contribution < 1.29 is 26.7 Å². The molecule has 0 radical (unpaired) electrons. The molecule has 160 valence electrons. The van der Waals surface area contributed by atoms with Crippen molar-refractivity contribution in [2.75, 3.05) is 17.1 Å². The van der Waals surface area contributed by atoms with E-state index in [9.17, 15) is 22.0 Å². The number of benzene rings is 3. The highest BCUT2D eigenvalue weighted by Crippen LogP contribution is 2.26. The lowest BCUT2D eigenvalue weighted by atomic mass is 10.2. The van der Waals surface area contributed by atoms with E-state index in [1.807, 2.05) is 0 Å². The monoisotopic (exact) mass is 444 g/mol. The Kier molecular flexibility index (Phi) is 6.66. The Morgan fingerprint density at radius 3 is 2.26 bits per heavy atom. The Hall–Kier alpha value is -3.72. The second kappa shape index (κ2) is 9.40. The average molecular weight is 444 g/mol. The molecule has 3 rings (SSSR count). The van der Waals surface area contributed by atoms with Crippen molar-refractivity contribution in [2.24, 2.45) is 0 Å². The zero-order valence-corrected chi connectivity index (χ0v) is 17.1. The minimum atomic E-state index is -3.85. The molecule has 3 aromatic carbocycles. The van der Waals surface area contributed by atoms with Crippen molar-refractivity contribution in [3.63, 3.8) is 0 Å². The maximum Gasteiger partial charge on any atom is 0.262 e. The molecular weight excluding hydrogens is 426 g/mol. The standard InChI is InChI=1S/C22H18F2N2O4S/c1-30-21-5-3-2-4-20(21)26-31(28,29)19-9-6-15(7-10-19)8-11-22(27)25-18-13-16(23)12-17(24)14-18/h2-14,26H,1H3,(H,25,27)/b11-8+. The Morgan fingerprint density at radius 1 is 0.968 bits per heavy atom. The van der Waals surface area contributed by atoms with E-state index in [2.05, 4.69) is 10.0 Å². The van der Waals surface area contributed by atoms with Crippen LogP contribution in [0.15, 0.2) is 77.7 Å². The van der Waals surface area contributed by atoms with Crippen LogP contribution in [0.3, 0.4) is 0 Å². The Labute approximate surface area is 178 Å². The summed E-state index contributed by atoms with van der Waals surface area (Å²) in [6, 6.07) is 15.1. The van der Waals surface area contributed by atoms with Gasteiger partial charge in [-0.1, -0.05) is 24.3 Å². The molecule has 9 heteroatoms. The number of ether oxygens (including phenoxy) is 1. The molecule has 3 aromatic rings. The quantitative estimate of drug-likeness (QED) is 0.528. The van der Waals surface area contributed by atoms with Gasteiger partial charge in [0.05, 0.1) is 17.7 Å². The number of carbonyl (C=O) groups is 1. The summed E-state index contributed by atoms with van der Waals surface area (Å²) < 4.78 is 59.1. The molecular formula is C22H18F2N2O4S. The molecule has 0 aromatic heterocycles. The van der Waals surface area contributed by atoms with E-state index in [1.54, 1.807) is 24.3 Å². The van der Waals surface area contributed by atoms with Gasteiger partial charge in [0.15, 0.2) is 0 Å². The number of hydrogen-bond acceptors (Lipinski definition) is 4. The van der Waals surface area contributed by atoms with E-state index in [0.717, 1.165) is 12.1 Å². The third-order valence-electron chi connectivity index (χ3n) is 4.10. The number of amides is 1. The zero-order chi connectivity index (χ0) is 22.4. The number of sulfonamides is 1. The summed E-state index contributed by atoms with van der Waals surface area (Å²) in [5, 5.41) is 2.34. The zero-order valence-electron chi connectivity index (χ0n) is 16.3. The second-order valence-electron chi connectivity index (χ2n) is 6.36. The molecule has 6 nitrogen and oxygen atoms in total. The minimum Gasteiger partial charge on any atom is -0.495 e. The molecule has 0 saturated carbocycles. The van der Waals surface area contributed by atoms with Crippen LogP contribution in [0, 0.1) is 11.6 Å². The van der Waals surface area contributed by atoms with Gasteiger partial charge in [-0.2, -0.15) is 0 Å². The number of anilines is 2. The minimum absolute atomic E-state index is 0.0176. The van der Waals surface area contributed by atoms with E-state index in [0.29, 0.717) is 23.1 Å². The normalized spacial score (nSPS) is 11.3. The molecule has 0 fully saturated rings. The highest BCUT2D eigenvalue weighted by atomic mass is 32.2. The summed E-state index contributed by atoms with van der Waals surface area (Å²) in [6.45, 7) is 0. The lowest BCUT2D eigenvalue weighted by Gasteiger charge is -2.11. The van der Waals surface area contributed by atoms with Crippen LogP contribution in [0.5, 0.6) is 5.75 Å². The number of halogens is 2. The lowest BCUT2D eigenvalue weighted by molar-refractivity contribution is -0.111. The maximum atomic E-state index is 13.2. The summed E-state index contributed by atoms with van der Waals surface area (Å²) in [5.74, 6) is -1.83. The first-order valence-corrected chi connectivity index (χ1v) is 10.5. The number of hydrogen-bond donors (Lipinski definition) is 2. The van der Waals surface area contributed by atoms with Gasteiger partial charge in [0.25, 0.3) is 10.0 Å². The Balaban J connectivity index is 1.68. The maximum absolute atomic E-state index is 13.2. The smallest absolute Gasteiger partial charge is 0.262 e. The molecule has 0 heterocycles. The summed E-state index contributed by atoms with van der Waals surface area (Å²) in [6.07, 6.45) is 2.61. The van der Waals surface area contributed by atoms with Gasteiger partial charge in [-0.3, -0.25) is 9.52 Å². The summed E-state index contributed by atoms with van der Waals surface area (Å²) in [7, 11) is -2.41. The molecule has 0 aliphatic rings. The average Bonchev–Trinajstić information content (AvgIpc) is 2.72. The van der Waals surface area contributed by atoms with E-state index in [-0.39, 0.29) is 10.6 Å². The Morgan fingerprint density at radius 2 is 1.61 bits per heavy atom. The summed E-state index contributed by atoms with van der Waals surface area (Å²) in [4.78, 5) is 12.0. The first-order chi connectivity index (χ1) is 14.8. The number of para-hydroxylation sites is 2. The van der Waals surface area contributed by atoms with Crippen LogP contribution in [-0.4, -0.2) is 21.4 Å². The molecule has 31 heavy (non-hydrogen) atoms. The highest BCUT2D eigenvalue weighted by molar-refractivity contribution is 7.92. The first kappa shape index (κ1) is 22.0. The molecule has 1 amide bonds. The topological polar surface area (TPSA) is 84.5 Å². The fraction of sp³-hybridized carbons (Fsp3) is 0.0455. The van der Waals surface area contributed by atoms with Crippen LogP contribution in [0.4, 0.5) is 20.2 Å². The molecule has 2 N–H and O–H groups in total. The molecule has 0 saturated heterocycles. The molecule has 0 unspecified atom stereocenters. The van der Waals surface area contributed by atoms with E-state index >= 15 is 0 Å². The SMILES string of the molecule is COc1ccccc1NS(=O)(=O)c1ccc(/C=C/C(=O)Nc2cc(F)cc(F)c2)cc1.